The predicted octanol–water partition coefficient (Wildman–Crippen LogP) is 2.57. The van der Waals surface area contributed by atoms with Gasteiger partial charge in [0.1, 0.15) is 5.69 Å². The molecule has 0 radical (unpaired) electrons. The van der Waals surface area contributed by atoms with Crippen LogP contribution in [0.4, 0.5) is 5.69 Å². The Morgan fingerprint density at radius 1 is 1.42 bits per heavy atom. The number of anilines is 1. The Bertz CT molecular complexity index is 654. The monoisotopic (exact) mass is 339 g/mol. The molecule has 98 valence electrons. The number of halogens is 1. The molecule has 7 heteroatoms. The van der Waals surface area contributed by atoms with Gasteiger partial charge in [-0.1, -0.05) is 6.07 Å². The number of nitrogens with zero attached hydrogens (tertiary/aromatic N) is 1. The number of carbonyl (C=O) groups is 2. The number of nitrogens with two attached hydrogens (primary N) is 1. The zero-order valence-corrected chi connectivity index (χ0v) is 12.3. The highest BCUT2D eigenvalue weighted by molar-refractivity contribution is 9.11. The summed E-state index contributed by atoms with van der Waals surface area (Å²) in [5.41, 5.74) is 7.14. The van der Waals surface area contributed by atoms with Crippen LogP contribution in [0, 0.1) is 6.92 Å². The number of hydrogen-bond acceptors (Lipinski definition) is 4. The average Bonchev–Trinajstić information content (AvgIpc) is 2.75. The fraction of sp³-hybridized carbons (Fsp3) is 0.0833. The zero-order valence-electron chi connectivity index (χ0n) is 9.94. The molecule has 0 saturated heterocycles. The summed E-state index contributed by atoms with van der Waals surface area (Å²) in [5, 5.41) is 4.27. The number of carbonyl (C=O) groups excluding carboxylic acids is 2. The zero-order chi connectivity index (χ0) is 14.0. The molecule has 2 aromatic rings. The molecular formula is C12H10BrN3O2S. The summed E-state index contributed by atoms with van der Waals surface area (Å²) < 4.78 is 0.622. The van der Waals surface area contributed by atoms with Crippen LogP contribution in [0.3, 0.4) is 0 Å². The molecule has 0 spiro atoms. The van der Waals surface area contributed by atoms with Crippen LogP contribution in [0.2, 0.25) is 0 Å². The first-order valence-corrected chi connectivity index (χ1v) is 6.97. The van der Waals surface area contributed by atoms with E-state index in [4.69, 9.17) is 5.73 Å². The number of aromatic nitrogens is 1. The van der Waals surface area contributed by atoms with E-state index in [0.29, 0.717) is 9.60 Å². The molecule has 0 bridgehead atoms. The van der Waals surface area contributed by atoms with Crippen LogP contribution >= 0.6 is 27.3 Å². The number of benzene rings is 1. The Balaban J connectivity index is 2.30. The van der Waals surface area contributed by atoms with Crippen LogP contribution in [-0.4, -0.2) is 16.8 Å². The van der Waals surface area contributed by atoms with E-state index in [0.717, 1.165) is 5.56 Å². The molecule has 0 aliphatic rings. The highest BCUT2D eigenvalue weighted by Gasteiger charge is 2.14. The molecule has 0 atom stereocenters. The first kappa shape index (κ1) is 13.7. The Morgan fingerprint density at radius 3 is 2.74 bits per heavy atom. The summed E-state index contributed by atoms with van der Waals surface area (Å²) in [5.74, 6) is -0.968. The van der Waals surface area contributed by atoms with Gasteiger partial charge < -0.3 is 11.1 Å². The van der Waals surface area contributed by atoms with E-state index in [2.05, 4.69) is 26.2 Å². The summed E-state index contributed by atoms with van der Waals surface area (Å²) in [6.45, 7) is 1.86. The quantitative estimate of drug-likeness (QED) is 0.900. The minimum atomic E-state index is -0.588. The van der Waals surface area contributed by atoms with E-state index < -0.39 is 5.91 Å². The first-order chi connectivity index (χ1) is 8.97. The molecule has 3 N–H and O–H groups in total. The average molecular weight is 340 g/mol. The molecule has 1 heterocycles. The number of rotatable bonds is 3. The maximum atomic E-state index is 12.0. The lowest BCUT2D eigenvalue weighted by Gasteiger charge is -2.08. The maximum absolute atomic E-state index is 12.0. The van der Waals surface area contributed by atoms with E-state index in [9.17, 15) is 9.59 Å². The minimum Gasteiger partial charge on any atom is -0.366 e. The lowest BCUT2D eigenvalue weighted by molar-refractivity contribution is 0.100. The minimum absolute atomic E-state index is 0.272. The smallest absolute Gasteiger partial charge is 0.275 e. The van der Waals surface area contributed by atoms with Crippen molar-refractivity contribution in [2.75, 3.05) is 5.32 Å². The maximum Gasteiger partial charge on any atom is 0.275 e. The Labute approximate surface area is 122 Å². The van der Waals surface area contributed by atoms with Crippen LogP contribution in [0.1, 0.15) is 26.4 Å². The van der Waals surface area contributed by atoms with Gasteiger partial charge in [0.05, 0.1) is 11.3 Å². The number of primary amides is 1. The van der Waals surface area contributed by atoms with Crippen molar-refractivity contribution in [3.63, 3.8) is 0 Å². The van der Waals surface area contributed by atoms with E-state index in [-0.39, 0.29) is 17.2 Å². The number of hydrogen-bond donors (Lipinski definition) is 2. The van der Waals surface area contributed by atoms with Crippen molar-refractivity contribution in [2.45, 2.75) is 6.92 Å². The number of thiazole rings is 1. The van der Waals surface area contributed by atoms with E-state index in [1.807, 2.05) is 6.92 Å². The molecule has 0 aliphatic carbocycles. The van der Waals surface area contributed by atoms with E-state index >= 15 is 0 Å². The van der Waals surface area contributed by atoms with Crippen LogP contribution in [-0.2, 0) is 0 Å². The third-order valence-electron chi connectivity index (χ3n) is 2.40. The van der Waals surface area contributed by atoms with Gasteiger partial charge in [0.2, 0.25) is 0 Å². The Hall–Kier alpha value is -1.73. The SMILES string of the molecule is Cc1ccc(C(N)=O)c(NC(=O)c2csc(Br)n2)c1. The molecule has 2 amide bonds. The standard InChI is InChI=1S/C12H10BrN3O2S/c1-6-2-3-7(10(14)17)8(4-6)15-11(18)9-5-19-12(13)16-9/h2-5H,1H3,(H2,14,17)(H,15,18). The lowest BCUT2D eigenvalue weighted by Crippen LogP contribution is -2.18. The topological polar surface area (TPSA) is 85.1 Å². The fourth-order valence-corrected chi connectivity index (χ4v) is 2.51. The second-order valence-corrected chi connectivity index (χ2v) is 5.99. The van der Waals surface area contributed by atoms with Crippen molar-refractivity contribution in [1.29, 1.82) is 0 Å². The number of aryl methyl sites for hydroxylation is 1. The summed E-state index contributed by atoms with van der Waals surface area (Å²) in [6, 6.07) is 5.04. The third kappa shape index (κ3) is 3.18. The van der Waals surface area contributed by atoms with Gasteiger partial charge in [-0.25, -0.2) is 4.98 Å². The molecule has 1 aromatic carbocycles. The highest BCUT2D eigenvalue weighted by Crippen LogP contribution is 2.20. The molecule has 5 nitrogen and oxygen atoms in total. The normalized spacial score (nSPS) is 10.2. The summed E-state index contributed by atoms with van der Waals surface area (Å²) >= 11 is 4.50. The van der Waals surface area contributed by atoms with Crippen LogP contribution < -0.4 is 11.1 Å². The van der Waals surface area contributed by atoms with Crippen molar-refractivity contribution in [3.05, 3.63) is 44.3 Å². The van der Waals surface area contributed by atoms with E-state index in [1.54, 1.807) is 23.6 Å². The molecule has 1 aromatic heterocycles. The van der Waals surface area contributed by atoms with E-state index in [1.165, 1.54) is 11.3 Å². The van der Waals surface area contributed by atoms with Gasteiger partial charge in [-0.3, -0.25) is 9.59 Å². The third-order valence-corrected chi connectivity index (χ3v) is 3.76. The van der Waals surface area contributed by atoms with Crippen molar-refractivity contribution in [3.8, 4) is 0 Å². The summed E-state index contributed by atoms with van der Waals surface area (Å²) in [6.07, 6.45) is 0. The number of nitrogens with one attached hydrogen (secondary N) is 1. The van der Waals surface area contributed by atoms with Crippen LogP contribution in [0.25, 0.3) is 0 Å². The van der Waals surface area contributed by atoms with Gasteiger partial charge in [0.25, 0.3) is 11.8 Å². The molecule has 0 aliphatic heterocycles. The largest absolute Gasteiger partial charge is 0.366 e. The van der Waals surface area contributed by atoms with Crippen molar-refractivity contribution in [1.82, 2.24) is 4.98 Å². The van der Waals surface area contributed by atoms with Crippen LogP contribution in [0.15, 0.2) is 27.5 Å². The first-order valence-electron chi connectivity index (χ1n) is 5.30. The summed E-state index contributed by atoms with van der Waals surface area (Å²) in [7, 11) is 0. The Morgan fingerprint density at radius 2 is 2.16 bits per heavy atom. The van der Waals surface area contributed by atoms with Gasteiger partial charge in [-0.15, -0.1) is 11.3 Å². The van der Waals surface area contributed by atoms with Crippen molar-refractivity contribution >= 4 is 44.8 Å². The second kappa shape index (κ2) is 5.50. The van der Waals surface area contributed by atoms with Crippen molar-refractivity contribution in [2.24, 2.45) is 5.73 Å². The van der Waals surface area contributed by atoms with Gasteiger partial charge in [-0.2, -0.15) is 0 Å². The van der Waals surface area contributed by atoms with Gasteiger partial charge in [-0.05, 0) is 40.5 Å². The molecule has 0 fully saturated rings. The fourth-order valence-electron chi connectivity index (χ4n) is 1.52. The Kier molecular flexibility index (Phi) is 3.96. The lowest BCUT2D eigenvalue weighted by atomic mass is 10.1. The molecular weight excluding hydrogens is 330 g/mol. The molecule has 0 saturated carbocycles. The summed E-state index contributed by atoms with van der Waals surface area (Å²) in [4.78, 5) is 27.3. The van der Waals surface area contributed by atoms with Gasteiger partial charge >= 0.3 is 0 Å². The number of amides is 2. The van der Waals surface area contributed by atoms with Crippen LogP contribution in [0.5, 0.6) is 0 Å². The van der Waals surface area contributed by atoms with Gasteiger partial charge in [0.15, 0.2) is 3.92 Å². The molecule has 0 unspecified atom stereocenters. The second-order valence-electron chi connectivity index (χ2n) is 3.85. The predicted molar refractivity (Wildman–Crippen MR) is 77.5 cm³/mol. The van der Waals surface area contributed by atoms with Crippen molar-refractivity contribution < 1.29 is 9.59 Å². The molecule has 2 rings (SSSR count). The highest BCUT2D eigenvalue weighted by atomic mass is 79.9. The molecule has 19 heavy (non-hydrogen) atoms. The van der Waals surface area contributed by atoms with Gasteiger partial charge in [0, 0.05) is 5.38 Å².